The van der Waals surface area contributed by atoms with Crippen LogP contribution in [0.2, 0.25) is 0 Å². The molecular weight excluding hydrogens is 324 g/mol. The fraction of sp³-hybridized carbons (Fsp3) is 0.824. The smallest absolute Gasteiger partial charge is 0.211 e. The van der Waals surface area contributed by atoms with Gasteiger partial charge in [-0.1, -0.05) is 11.6 Å². The minimum atomic E-state index is -3.04. The summed E-state index contributed by atoms with van der Waals surface area (Å²) in [4.78, 5) is 4.28. The van der Waals surface area contributed by atoms with Gasteiger partial charge < -0.3 is 10.6 Å². The number of hydrogen-bond donors (Lipinski definition) is 2. The van der Waals surface area contributed by atoms with E-state index in [1.165, 1.54) is 31.9 Å². The lowest BCUT2D eigenvalue weighted by atomic mass is 9.97. The molecule has 0 amide bonds. The van der Waals surface area contributed by atoms with Gasteiger partial charge in [0.15, 0.2) is 5.96 Å². The molecule has 1 aliphatic carbocycles. The molecule has 1 saturated heterocycles. The Morgan fingerprint density at radius 1 is 1.29 bits per heavy atom. The van der Waals surface area contributed by atoms with Crippen molar-refractivity contribution < 1.29 is 8.42 Å². The van der Waals surface area contributed by atoms with Gasteiger partial charge in [-0.25, -0.2) is 12.7 Å². The average Bonchev–Trinajstić information content (AvgIpc) is 2.58. The molecule has 0 aromatic carbocycles. The van der Waals surface area contributed by atoms with Crippen LogP contribution in [0.3, 0.4) is 0 Å². The van der Waals surface area contributed by atoms with Crippen LogP contribution in [0.1, 0.15) is 44.9 Å². The molecule has 1 aliphatic heterocycles. The Hall–Kier alpha value is -1.08. The van der Waals surface area contributed by atoms with Gasteiger partial charge in [0.05, 0.1) is 6.26 Å². The van der Waals surface area contributed by atoms with E-state index >= 15 is 0 Å². The minimum Gasteiger partial charge on any atom is -0.356 e. The topological polar surface area (TPSA) is 73.8 Å². The minimum absolute atomic E-state index is 0.502. The fourth-order valence-electron chi connectivity index (χ4n) is 3.38. The lowest BCUT2D eigenvalue weighted by Crippen LogP contribution is -2.44. The summed E-state index contributed by atoms with van der Waals surface area (Å²) >= 11 is 0. The third-order valence-corrected chi connectivity index (χ3v) is 6.25. The summed E-state index contributed by atoms with van der Waals surface area (Å²) < 4.78 is 24.6. The van der Waals surface area contributed by atoms with E-state index in [1.807, 2.05) is 0 Å². The van der Waals surface area contributed by atoms with Crippen molar-refractivity contribution in [2.75, 3.05) is 39.5 Å². The zero-order valence-electron chi connectivity index (χ0n) is 15.1. The summed E-state index contributed by atoms with van der Waals surface area (Å²) in [6.45, 7) is 3.02. The molecule has 0 radical (unpaired) electrons. The zero-order chi connectivity index (χ0) is 17.4. The maximum atomic E-state index is 11.5. The van der Waals surface area contributed by atoms with E-state index in [1.54, 1.807) is 16.9 Å². The van der Waals surface area contributed by atoms with E-state index < -0.39 is 10.0 Å². The molecule has 2 N–H and O–H groups in total. The average molecular weight is 357 g/mol. The first kappa shape index (κ1) is 19.2. The van der Waals surface area contributed by atoms with Gasteiger partial charge in [0, 0.05) is 33.2 Å². The normalized spacial score (nSPS) is 21.4. The third-order valence-electron chi connectivity index (χ3n) is 4.95. The van der Waals surface area contributed by atoms with Crippen LogP contribution < -0.4 is 10.6 Å². The Labute approximate surface area is 146 Å². The number of sulfonamides is 1. The second-order valence-corrected chi connectivity index (χ2v) is 8.83. The van der Waals surface area contributed by atoms with Gasteiger partial charge in [0.25, 0.3) is 0 Å². The molecular formula is C17H32N4O2S. The van der Waals surface area contributed by atoms with Crippen molar-refractivity contribution in [2.45, 2.75) is 44.9 Å². The number of nitrogens with zero attached hydrogens (tertiary/aromatic N) is 2. The van der Waals surface area contributed by atoms with Gasteiger partial charge in [-0.2, -0.15) is 0 Å². The van der Waals surface area contributed by atoms with Crippen molar-refractivity contribution in [1.29, 1.82) is 0 Å². The van der Waals surface area contributed by atoms with E-state index in [-0.39, 0.29) is 0 Å². The van der Waals surface area contributed by atoms with Crippen LogP contribution >= 0.6 is 0 Å². The molecule has 0 aromatic rings. The number of guanidine groups is 1. The molecule has 1 heterocycles. The first-order valence-corrected chi connectivity index (χ1v) is 10.9. The van der Waals surface area contributed by atoms with E-state index in [9.17, 15) is 8.42 Å². The van der Waals surface area contributed by atoms with Crippen molar-refractivity contribution in [3.63, 3.8) is 0 Å². The molecule has 0 aromatic heterocycles. The SMILES string of the molecule is CN=C(NCCC1=CCCCC1)NCC1CCN(S(C)(=O)=O)CC1. The van der Waals surface area contributed by atoms with Crippen LogP contribution in [0, 0.1) is 5.92 Å². The Kier molecular flexibility index (Phi) is 7.55. The predicted octanol–water partition coefficient (Wildman–Crippen LogP) is 1.71. The van der Waals surface area contributed by atoms with E-state index in [2.05, 4.69) is 21.7 Å². The van der Waals surface area contributed by atoms with Crippen LogP contribution in [0.25, 0.3) is 0 Å². The second-order valence-electron chi connectivity index (χ2n) is 6.84. The molecule has 6 nitrogen and oxygen atoms in total. The molecule has 2 aliphatic rings. The Bertz CT molecular complexity index is 549. The predicted molar refractivity (Wildman–Crippen MR) is 99.7 cm³/mol. The molecule has 0 atom stereocenters. The monoisotopic (exact) mass is 356 g/mol. The molecule has 0 unspecified atom stereocenters. The molecule has 1 fully saturated rings. The summed E-state index contributed by atoms with van der Waals surface area (Å²) in [5.41, 5.74) is 1.57. The molecule has 7 heteroatoms. The van der Waals surface area contributed by atoms with Crippen LogP contribution in [0.4, 0.5) is 0 Å². The van der Waals surface area contributed by atoms with Crippen molar-refractivity contribution in [1.82, 2.24) is 14.9 Å². The van der Waals surface area contributed by atoms with Crippen LogP contribution in [0.5, 0.6) is 0 Å². The Morgan fingerprint density at radius 3 is 2.62 bits per heavy atom. The molecule has 0 bridgehead atoms. The number of allylic oxidation sites excluding steroid dienone is 1. The number of nitrogens with one attached hydrogen (secondary N) is 2. The maximum Gasteiger partial charge on any atom is 0.211 e. The summed E-state index contributed by atoms with van der Waals surface area (Å²) in [6, 6.07) is 0. The quantitative estimate of drug-likeness (QED) is 0.432. The summed E-state index contributed by atoms with van der Waals surface area (Å²) in [5.74, 6) is 1.35. The van der Waals surface area contributed by atoms with E-state index in [0.29, 0.717) is 19.0 Å². The maximum absolute atomic E-state index is 11.5. The third kappa shape index (κ3) is 6.43. The highest BCUT2D eigenvalue weighted by Crippen LogP contribution is 2.19. The fourth-order valence-corrected chi connectivity index (χ4v) is 4.25. The van der Waals surface area contributed by atoms with Crippen molar-refractivity contribution in [3.05, 3.63) is 11.6 Å². The van der Waals surface area contributed by atoms with E-state index in [4.69, 9.17) is 0 Å². The summed E-state index contributed by atoms with van der Waals surface area (Å²) in [7, 11) is -1.24. The summed E-state index contributed by atoms with van der Waals surface area (Å²) in [6.07, 6.45) is 11.7. The van der Waals surface area contributed by atoms with Gasteiger partial charge in [0.1, 0.15) is 0 Å². The number of aliphatic imine (C=N–C) groups is 1. The highest BCUT2D eigenvalue weighted by molar-refractivity contribution is 7.88. The lowest BCUT2D eigenvalue weighted by Gasteiger charge is -2.30. The van der Waals surface area contributed by atoms with Gasteiger partial charge in [-0.3, -0.25) is 4.99 Å². The molecule has 0 spiro atoms. The first-order valence-electron chi connectivity index (χ1n) is 9.06. The van der Waals surface area contributed by atoms with Crippen LogP contribution in [-0.2, 0) is 10.0 Å². The van der Waals surface area contributed by atoms with Crippen molar-refractivity contribution >= 4 is 16.0 Å². The highest BCUT2D eigenvalue weighted by atomic mass is 32.2. The van der Waals surface area contributed by atoms with Gasteiger partial charge in [-0.05, 0) is 50.9 Å². The number of hydrogen-bond acceptors (Lipinski definition) is 3. The zero-order valence-corrected chi connectivity index (χ0v) is 15.9. The van der Waals surface area contributed by atoms with Gasteiger partial charge in [-0.15, -0.1) is 0 Å². The summed E-state index contributed by atoms with van der Waals surface area (Å²) in [5, 5.41) is 6.76. The first-order chi connectivity index (χ1) is 11.5. The molecule has 138 valence electrons. The van der Waals surface area contributed by atoms with Crippen molar-refractivity contribution in [2.24, 2.45) is 10.9 Å². The van der Waals surface area contributed by atoms with Crippen LogP contribution in [0.15, 0.2) is 16.6 Å². The van der Waals surface area contributed by atoms with Crippen LogP contribution in [-0.4, -0.2) is 58.2 Å². The number of rotatable bonds is 6. The highest BCUT2D eigenvalue weighted by Gasteiger charge is 2.24. The Morgan fingerprint density at radius 2 is 2.04 bits per heavy atom. The number of piperidine rings is 1. The van der Waals surface area contributed by atoms with Crippen molar-refractivity contribution in [3.8, 4) is 0 Å². The standard InChI is InChI=1S/C17H32N4O2S/c1-18-17(19-11-8-15-6-4-3-5-7-15)20-14-16-9-12-21(13-10-16)24(2,22)23/h6,16H,3-5,7-14H2,1-2H3,(H2,18,19,20). The molecule has 0 saturated carbocycles. The van der Waals surface area contributed by atoms with Gasteiger partial charge in [0.2, 0.25) is 10.0 Å². The van der Waals surface area contributed by atoms with E-state index in [0.717, 1.165) is 38.3 Å². The Balaban J connectivity index is 1.64. The largest absolute Gasteiger partial charge is 0.356 e. The molecule has 2 rings (SSSR count). The lowest BCUT2D eigenvalue weighted by molar-refractivity contribution is 0.275. The molecule has 24 heavy (non-hydrogen) atoms. The second kappa shape index (κ2) is 9.42. The van der Waals surface area contributed by atoms with Gasteiger partial charge >= 0.3 is 0 Å².